The van der Waals surface area contributed by atoms with Gasteiger partial charge in [-0.05, 0) is 22.8 Å². The van der Waals surface area contributed by atoms with Gasteiger partial charge < -0.3 is 10.2 Å². The maximum atomic E-state index is 9.99. The van der Waals surface area contributed by atoms with Crippen molar-refractivity contribution in [3.63, 3.8) is 0 Å². The van der Waals surface area contributed by atoms with Gasteiger partial charge >= 0.3 is 0 Å². The van der Waals surface area contributed by atoms with Crippen molar-refractivity contribution in [3.8, 4) is 17.2 Å². The van der Waals surface area contributed by atoms with E-state index in [1.54, 1.807) is 6.07 Å². The minimum atomic E-state index is -1.06. The number of hydrogen-bond donors (Lipinski definition) is 2. The van der Waals surface area contributed by atoms with Gasteiger partial charge in [0.05, 0.1) is 18.6 Å². The summed E-state index contributed by atoms with van der Waals surface area (Å²) in [4.78, 5) is 0. The van der Waals surface area contributed by atoms with E-state index in [-0.39, 0.29) is 6.42 Å². The quantitative estimate of drug-likeness (QED) is 0.880. The fourth-order valence-corrected chi connectivity index (χ4v) is 1.96. The highest BCUT2D eigenvalue weighted by Crippen LogP contribution is 2.25. The summed E-state index contributed by atoms with van der Waals surface area (Å²) >= 11 is 0. The van der Waals surface area contributed by atoms with Gasteiger partial charge in [-0.2, -0.15) is 5.26 Å². The summed E-state index contributed by atoms with van der Waals surface area (Å²) in [5.74, 6) is 0. The van der Waals surface area contributed by atoms with E-state index in [4.69, 9.17) is 5.26 Å². The summed E-state index contributed by atoms with van der Waals surface area (Å²) in [5.41, 5.74) is 2.64. The number of nitrogens with zero attached hydrogens (tertiary/aromatic N) is 1. The molecule has 0 aliphatic carbocycles. The first kappa shape index (κ1) is 13.3. The molecule has 0 aromatic heterocycles. The predicted octanol–water partition coefficient (Wildman–Crippen LogP) is 2.66. The molecular weight excluding hydrogens is 238 g/mol. The highest BCUT2D eigenvalue weighted by atomic mass is 16.3. The monoisotopic (exact) mass is 253 g/mol. The molecule has 2 atom stereocenters. The van der Waals surface area contributed by atoms with Crippen LogP contribution in [0.4, 0.5) is 0 Å². The van der Waals surface area contributed by atoms with Crippen molar-refractivity contribution in [2.75, 3.05) is 0 Å². The summed E-state index contributed by atoms with van der Waals surface area (Å²) in [5, 5.41) is 28.2. The van der Waals surface area contributed by atoms with Crippen LogP contribution in [0.25, 0.3) is 11.1 Å². The van der Waals surface area contributed by atoms with Crippen molar-refractivity contribution in [3.05, 3.63) is 60.2 Å². The molecule has 0 aliphatic heterocycles. The predicted molar refractivity (Wildman–Crippen MR) is 73.1 cm³/mol. The zero-order valence-corrected chi connectivity index (χ0v) is 10.4. The van der Waals surface area contributed by atoms with Gasteiger partial charge in [-0.1, -0.05) is 48.5 Å². The maximum absolute atomic E-state index is 9.99. The average Bonchev–Trinajstić information content (AvgIpc) is 2.48. The number of aliphatic hydroxyl groups excluding tert-OH is 2. The molecule has 96 valence electrons. The van der Waals surface area contributed by atoms with E-state index in [0.29, 0.717) is 5.56 Å². The van der Waals surface area contributed by atoms with Crippen molar-refractivity contribution >= 4 is 0 Å². The molecular formula is C16H15NO2. The molecule has 3 heteroatoms. The highest BCUT2D eigenvalue weighted by Gasteiger charge is 2.18. The molecule has 0 saturated carbocycles. The molecule has 0 heterocycles. The largest absolute Gasteiger partial charge is 0.389 e. The standard InChI is InChI=1S/C16H15NO2/c17-10-9-15(18)16(19)14-8-4-7-13(11-14)12-5-2-1-3-6-12/h1-8,11,15-16,18-19H,9H2. The van der Waals surface area contributed by atoms with Gasteiger partial charge in [-0.3, -0.25) is 0 Å². The molecule has 0 amide bonds. The zero-order chi connectivity index (χ0) is 13.7. The van der Waals surface area contributed by atoms with E-state index >= 15 is 0 Å². The van der Waals surface area contributed by atoms with Gasteiger partial charge in [-0.15, -0.1) is 0 Å². The SMILES string of the molecule is N#CCC(O)C(O)c1cccc(-c2ccccc2)c1. The Morgan fingerprint density at radius 1 is 0.947 bits per heavy atom. The third-order valence-electron chi connectivity index (χ3n) is 3.00. The Kier molecular flexibility index (Phi) is 4.30. The Morgan fingerprint density at radius 3 is 2.32 bits per heavy atom. The molecule has 0 fully saturated rings. The second-order valence-electron chi connectivity index (χ2n) is 4.37. The van der Waals surface area contributed by atoms with Crippen LogP contribution in [-0.2, 0) is 0 Å². The van der Waals surface area contributed by atoms with Crippen molar-refractivity contribution in [1.29, 1.82) is 5.26 Å². The Morgan fingerprint density at radius 2 is 1.63 bits per heavy atom. The Hall–Kier alpha value is -2.15. The van der Waals surface area contributed by atoms with Crippen LogP contribution in [0.2, 0.25) is 0 Å². The maximum Gasteiger partial charge on any atom is 0.106 e. The first-order valence-electron chi connectivity index (χ1n) is 6.11. The molecule has 2 aromatic carbocycles. The van der Waals surface area contributed by atoms with Crippen LogP contribution in [0.1, 0.15) is 18.1 Å². The summed E-state index contributed by atoms with van der Waals surface area (Å²) in [7, 11) is 0. The number of benzene rings is 2. The first-order chi connectivity index (χ1) is 9.22. The van der Waals surface area contributed by atoms with E-state index in [2.05, 4.69) is 0 Å². The van der Waals surface area contributed by atoms with Gasteiger partial charge in [0.15, 0.2) is 0 Å². The van der Waals surface area contributed by atoms with E-state index in [1.807, 2.05) is 54.6 Å². The number of hydrogen-bond acceptors (Lipinski definition) is 3. The zero-order valence-electron chi connectivity index (χ0n) is 10.4. The van der Waals surface area contributed by atoms with Crippen LogP contribution in [-0.4, -0.2) is 16.3 Å². The van der Waals surface area contributed by atoms with Crippen LogP contribution >= 0.6 is 0 Å². The number of aliphatic hydroxyl groups is 2. The smallest absolute Gasteiger partial charge is 0.106 e. The van der Waals surface area contributed by atoms with Crippen LogP contribution in [0.3, 0.4) is 0 Å². The highest BCUT2D eigenvalue weighted by molar-refractivity contribution is 5.64. The third kappa shape index (κ3) is 3.19. The lowest BCUT2D eigenvalue weighted by molar-refractivity contribution is 0.0216. The molecule has 3 nitrogen and oxygen atoms in total. The van der Waals surface area contributed by atoms with Crippen molar-refractivity contribution in [2.24, 2.45) is 0 Å². The number of rotatable bonds is 4. The first-order valence-corrected chi connectivity index (χ1v) is 6.11. The molecule has 0 radical (unpaired) electrons. The lowest BCUT2D eigenvalue weighted by Crippen LogP contribution is -2.17. The Labute approximate surface area is 112 Å². The molecule has 2 N–H and O–H groups in total. The summed E-state index contributed by atoms with van der Waals surface area (Å²) in [6.45, 7) is 0. The summed E-state index contributed by atoms with van der Waals surface area (Å²) in [6.07, 6.45) is -2.18. The van der Waals surface area contributed by atoms with E-state index in [1.165, 1.54) is 0 Å². The van der Waals surface area contributed by atoms with Gasteiger partial charge in [-0.25, -0.2) is 0 Å². The molecule has 19 heavy (non-hydrogen) atoms. The third-order valence-corrected chi connectivity index (χ3v) is 3.00. The molecule has 2 rings (SSSR count). The van der Waals surface area contributed by atoms with Gasteiger partial charge in [0.1, 0.15) is 6.10 Å². The van der Waals surface area contributed by atoms with Crippen molar-refractivity contribution in [1.82, 2.24) is 0 Å². The Bertz CT molecular complexity index is 575. The summed E-state index contributed by atoms with van der Waals surface area (Å²) < 4.78 is 0. The topological polar surface area (TPSA) is 64.2 Å². The second-order valence-corrected chi connectivity index (χ2v) is 4.37. The van der Waals surface area contributed by atoms with Crippen LogP contribution in [0.15, 0.2) is 54.6 Å². The molecule has 2 unspecified atom stereocenters. The van der Waals surface area contributed by atoms with Crippen molar-refractivity contribution in [2.45, 2.75) is 18.6 Å². The molecule has 0 saturated heterocycles. The molecule has 0 spiro atoms. The average molecular weight is 253 g/mol. The molecule has 2 aromatic rings. The van der Waals surface area contributed by atoms with E-state index < -0.39 is 12.2 Å². The van der Waals surface area contributed by atoms with Crippen molar-refractivity contribution < 1.29 is 10.2 Å². The van der Waals surface area contributed by atoms with Crippen LogP contribution in [0, 0.1) is 11.3 Å². The molecule has 0 bridgehead atoms. The van der Waals surface area contributed by atoms with Gasteiger partial charge in [0.2, 0.25) is 0 Å². The fourth-order valence-electron chi connectivity index (χ4n) is 1.96. The lowest BCUT2D eigenvalue weighted by atomic mass is 9.97. The number of nitriles is 1. The van der Waals surface area contributed by atoms with Gasteiger partial charge in [0, 0.05) is 0 Å². The minimum Gasteiger partial charge on any atom is -0.389 e. The lowest BCUT2D eigenvalue weighted by Gasteiger charge is -2.16. The summed E-state index contributed by atoms with van der Waals surface area (Å²) in [6, 6.07) is 19.0. The van der Waals surface area contributed by atoms with Gasteiger partial charge in [0.25, 0.3) is 0 Å². The Balaban J connectivity index is 2.28. The van der Waals surface area contributed by atoms with Crippen LogP contribution < -0.4 is 0 Å². The molecule has 0 aliphatic rings. The van der Waals surface area contributed by atoms with Crippen LogP contribution in [0.5, 0.6) is 0 Å². The van der Waals surface area contributed by atoms with E-state index in [0.717, 1.165) is 11.1 Å². The fraction of sp³-hybridized carbons (Fsp3) is 0.188. The minimum absolute atomic E-state index is 0.0866. The second kappa shape index (κ2) is 6.14. The normalized spacial score (nSPS) is 13.5. The van der Waals surface area contributed by atoms with E-state index in [9.17, 15) is 10.2 Å².